The molecule has 2 heterocycles. The van der Waals surface area contributed by atoms with Crippen molar-refractivity contribution < 1.29 is 9.47 Å². The van der Waals surface area contributed by atoms with E-state index < -0.39 is 0 Å². The van der Waals surface area contributed by atoms with Crippen molar-refractivity contribution in [3.8, 4) is 0 Å². The molecule has 2 N–H and O–H groups in total. The Kier molecular flexibility index (Phi) is 2.36. The van der Waals surface area contributed by atoms with E-state index in [9.17, 15) is 0 Å². The Morgan fingerprint density at radius 1 is 1.58 bits per heavy atom. The summed E-state index contributed by atoms with van der Waals surface area (Å²) in [5.74, 6) is 0. The Hall–Kier alpha value is -0.490. The van der Waals surface area contributed by atoms with Gasteiger partial charge in [0.05, 0.1) is 13.2 Å². The predicted molar refractivity (Wildman–Crippen MR) is 44.7 cm³/mol. The first-order chi connectivity index (χ1) is 5.90. The van der Waals surface area contributed by atoms with Gasteiger partial charge in [0.1, 0.15) is 5.01 Å². The Morgan fingerprint density at radius 3 is 2.92 bits per heavy atom. The normalized spacial score (nSPS) is 18.8. The van der Waals surface area contributed by atoms with E-state index in [0.717, 1.165) is 9.88 Å². The predicted octanol–water partition coefficient (Wildman–Crippen LogP) is 0.647. The topological polar surface area (TPSA) is 57.4 Å². The fourth-order valence-corrected chi connectivity index (χ4v) is 1.82. The first-order valence-corrected chi connectivity index (χ1v) is 4.59. The highest BCUT2D eigenvalue weighted by molar-refractivity contribution is 7.11. The van der Waals surface area contributed by atoms with E-state index in [4.69, 9.17) is 15.2 Å². The minimum absolute atomic E-state index is 0.254. The molecule has 1 aromatic heterocycles. The lowest BCUT2D eigenvalue weighted by Crippen LogP contribution is -1.95. The number of hydrogen-bond acceptors (Lipinski definition) is 5. The van der Waals surface area contributed by atoms with Crippen LogP contribution in [0.4, 0.5) is 0 Å². The van der Waals surface area contributed by atoms with Crippen LogP contribution < -0.4 is 5.73 Å². The molecule has 0 amide bonds. The number of thiazole rings is 1. The van der Waals surface area contributed by atoms with E-state index in [1.807, 2.05) is 0 Å². The molecule has 0 unspecified atom stereocenters. The number of nitrogens with two attached hydrogens (primary N) is 1. The minimum Gasteiger partial charge on any atom is -0.344 e. The Balaban J connectivity index is 2.11. The lowest BCUT2D eigenvalue weighted by Gasteiger charge is -2.02. The molecule has 0 saturated carbocycles. The van der Waals surface area contributed by atoms with Crippen LogP contribution in [0.5, 0.6) is 0 Å². The molecule has 4 nitrogen and oxygen atoms in total. The van der Waals surface area contributed by atoms with E-state index in [2.05, 4.69) is 4.98 Å². The van der Waals surface area contributed by atoms with Crippen molar-refractivity contribution in [2.75, 3.05) is 13.2 Å². The van der Waals surface area contributed by atoms with Crippen LogP contribution in [0.25, 0.3) is 0 Å². The molecule has 1 saturated heterocycles. The molecule has 0 spiro atoms. The molecule has 1 aliphatic heterocycles. The average Bonchev–Trinajstić information content (AvgIpc) is 2.75. The summed E-state index contributed by atoms with van der Waals surface area (Å²) >= 11 is 1.54. The highest BCUT2D eigenvalue weighted by atomic mass is 32.1. The van der Waals surface area contributed by atoms with E-state index in [0.29, 0.717) is 19.8 Å². The zero-order valence-corrected chi connectivity index (χ0v) is 7.34. The van der Waals surface area contributed by atoms with Gasteiger partial charge in [-0.15, -0.1) is 11.3 Å². The smallest absolute Gasteiger partial charge is 0.211 e. The average molecular weight is 186 g/mol. The highest BCUT2D eigenvalue weighted by Crippen LogP contribution is 2.26. The van der Waals surface area contributed by atoms with Crippen molar-refractivity contribution in [1.29, 1.82) is 0 Å². The lowest BCUT2D eigenvalue weighted by molar-refractivity contribution is -0.0442. The van der Waals surface area contributed by atoms with Gasteiger partial charge in [0.15, 0.2) is 0 Å². The van der Waals surface area contributed by atoms with Crippen molar-refractivity contribution in [2.45, 2.75) is 12.8 Å². The molecule has 66 valence electrons. The van der Waals surface area contributed by atoms with Crippen molar-refractivity contribution in [1.82, 2.24) is 4.98 Å². The van der Waals surface area contributed by atoms with Crippen molar-refractivity contribution in [2.24, 2.45) is 5.73 Å². The first-order valence-electron chi connectivity index (χ1n) is 3.78. The molecule has 0 aliphatic carbocycles. The SMILES string of the molecule is NCc1cnc(C2OCCO2)s1. The van der Waals surface area contributed by atoms with Crippen molar-refractivity contribution >= 4 is 11.3 Å². The molecule has 5 heteroatoms. The molecule has 2 rings (SSSR count). The molecule has 0 atom stereocenters. The fraction of sp³-hybridized carbons (Fsp3) is 0.571. The van der Waals surface area contributed by atoms with Crippen LogP contribution in [0.15, 0.2) is 6.20 Å². The molecule has 1 aliphatic rings. The van der Waals surface area contributed by atoms with Crippen LogP contribution in [0.2, 0.25) is 0 Å². The summed E-state index contributed by atoms with van der Waals surface area (Å²) in [6.07, 6.45) is 1.51. The highest BCUT2D eigenvalue weighted by Gasteiger charge is 2.21. The number of aromatic nitrogens is 1. The van der Waals surface area contributed by atoms with Gasteiger partial charge >= 0.3 is 0 Å². The molecular weight excluding hydrogens is 176 g/mol. The first kappa shape index (κ1) is 8.12. The lowest BCUT2D eigenvalue weighted by atomic mass is 10.6. The third-order valence-corrected chi connectivity index (χ3v) is 2.64. The maximum absolute atomic E-state index is 5.45. The second kappa shape index (κ2) is 3.49. The minimum atomic E-state index is -0.254. The quantitative estimate of drug-likeness (QED) is 0.736. The van der Waals surface area contributed by atoms with Crippen LogP contribution in [-0.4, -0.2) is 18.2 Å². The van der Waals surface area contributed by atoms with Gasteiger partial charge in [0, 0.05) is 17.6 Å². The van der Waals surface area contributed by atoms with Crippen molar-refractivity contribution in [3.63, 3.8) is 0 Å². The maximum Gasteiger partial charge on any atom is 0.211 e. The van der Waals surface area contributed by atoms with Gasteiger partial charge in [-0.3, -0.25) is 0 Å². The van der Waals surface area contributed by atoms with Gasteiger partial charge in [0.25, 0.3) is 0 Å². The second-order valence-corrected chi connectivity index (χ2v) is 3.59. The van der Waals surface area contributed by atoms with E-state index in [1.54, 1.807) is 17.5 Å². The van der Waals surface area contributed by atoms with Crippen LogP contribution in [0, 0.1) is 0 Å². The zero-order chi connectivity index (χ0) is 8.39. The van der Waals surface area contributed by atoms with E-state index in [1.165, 1.54) is 0 Å². The molecule has 1 aromatic rings. The van der Waals surface area contributed by atoms with Gasteiger partial charge < -0.3 is 15.2 Å². The molecule has 0 aromatic carbocycles. The summed E-state index contributed by atoms with van der Waals surface area (Å²) in [5, 5.41) is 0.868. The summed E-state index contributed by atoms with van der Waals surface area (Å²) in [6.45, 7) is 1.84. The van der Waals surface area contributed by atoms with E-state index in [-0.39, 0.29) is 6.29 Å². The molecule has 0 bridgehead atoms. The van der Waals surface area contributed by atoms with Gasteiger partial charge in [0.2, 0.25) is 6.29 Å². The molecule has 1 fully saturated rings. The third kappa shape index (κ3) is 1.49. The van der Waals surface area contributed by atoms with Crippen LogP contribution in [-0.2, 0) is 16.0 Å². The van der Waals surface area contributed by atoms with Crippen LogP contribution in [0.3, 0.4) is 0 Å². The number of nitrogens with zero attached hydrogens (tertiary/aromatic N) is 1. The van der Waals surface area contributed by atoms with Gasteiger partial charge in [-0.2, -0.15) is 0 Å². The molecule has 12 heavy (non-hydrogen) atoms. The Bertz CT molecular complexity index is 258. The van der Waals surface area contributed by atoms with Crippen molar-refractivity contribution in [3.05, 3.63) is 16.1 Å². The standard InChI is InChI=1S/C7H10N2O2S/c8-3-5-4-9-6(12-5)7-10-1-2-11-7/h4,7H,1-3,8H2. The van der Waals surface area contributed by atoms with Gasteiger partial charge in [-0.05, 0) is 0 Å². The number of rotatable bonds is 2. The largest absolute Gasteiger partial charge is 0.344 e. The maximum atomic E-state index is 5.45. The summed E-state index contributed by atoms with van der Waals surface area (Å²) in [4.78, 5) is 5.22. The van der Waals surface area contributed by atoms with Gasteiger partial charge in [-0.1, -0.05) is 0 Å². The van der Waals surface area contributed by atoms with Crippen LogP contribution in [0.1, 0.15) is 16.2 Å². The monoisotopic (exact) mass is 186 g/mol. The fourth-order valence-electron chi connectivity index (χ4n) is 1.03. The molecule has 0 radical (unpaired) electrons. The second-order valence-electron chi connectivity index (χ2n) is 2.44. The summed E-state index contributed by atoms with van der Waals surface area (Å²) < 4.78 is 10.6. The molecular formula is C7H10N2O2S. The van der Waals surface area contributed by atoms with Crippen LogP contribution >= 0.6 is 11.3 Å². The number of hydrogen-bond donors (Lipinski definition) is 1. The number of ether oxygens (including phenoxy) is 2. The van der Waals surface area contributed by atoms with E-state index >= 15 is 0 Å². The Labute approximate surface area is 74.3 Å². The summed E-state index contributed by atoms with van der Waals surface area (Å²) in [5.41, 5.74) is 5.45. The summed E-state index contributed by atoms with van der Waals surface area (Å²) in [6, 6.07) is 0. The third-order valence-electron chi connectivity index (χ3n) is 1.60. The Morgan fingerprint density at radius 2 is 2.33 bits per heavy atom. The summed E-state index contributed by atoms with van der Waals surface area (Å²) in [7, 11) is 0. The zero-order valence-electron chi connectivity index (χ0n) is 6.53. The van der Waals surface area contributed by atoms with Gasteiger partial charge in [-0.25, -0.2) is 4.98 Å².